The third-order valence-electron chi connectivity index (χ3n) is 5.21. The Hall–Kier alpha value is -1.68. The molecule has 23 heavy (non-hydrogen) atoms. The van der Waals surface area contributed by atoms with Gasteiger partial charge in [-0.05, 0) is 56.2 Å². The molecule has 0 aliphatic heterocycles. The predicted octanol–water partition coefficient (Wildman–Crippen LogP) is 3.89. The van der Waals surface area contributed by atoms with E-state index >= 15 is 0 Å². The molecular formula is C19H27NO3. The number of unbranched alkanes of at least 4 members (excludes halogenated alkanes) is 2. The molecule has 0 saturated heterocycles. The first kappa shape index (κ1) is 17.7. The third-order valence-corrected chi connectivity index (χ3v) is 5.21. The molecule has 1 atom stereocenters. The molecule has 1 aliphatic rings. The molecule has 0 radical (unpaired) electrons. The van der Waals surface area contributed by atoms with Crippen LogP contribution in [0.25, 0.3) is 0 Å². The molecule has 4 heteroatoms. The van der Waals surface area contributed by atoms with Gasteiger partial charge < -0.3 is 0 Å². The van der Waals surface area contributed by atoms with Crippen LogP contribution in [0.4, 0.5) is 0 Å². The van der Waals surface area contributed by atoms with Crippen LogP contribution in [0.1, 0.15) is 72.5 Å². The second kappa shape index (κ2) is 7.26. The number of Topliss-reactive ketones (excluding diaryl/α,β-unsaturated/α-hetero) is 1. The average molecular weight is 317 g/mol. The molecule has 1 unspecified atom stereocenters. The zero-order valence-electron chi connectivity index (χ0n) is 14.4. The normalized spacial score (nSPS) is 20.3. The van der Waals surface area contributed by atoms with E-state index in [0.29, 0.717) is 6.42 Å². The molecular weight excluding hydrogens is 290 g/mol. The van der Waals surface area contributed by atoms with E-state index in [1.165, 1.54) is 11.1 Å². The van der Waals surface area contributed by atoms with E-state index in [9.17, 15) is 9.59 Å². The van der Waals surface area contributed by atoms with E-state index in [2.05, 4.69) is 19.9 Å². The summed E-state index contributed by atoms with van der Waals surface area (Å²) in [6, 6.07) is 4.15. The number of hydrogen-bond donors (Lipinski definition) is 2. The van der Waals surface area contributed by atoms with Gasteiger partial charge in [0, 0.05) is 17.4 Å². The number of fused-ring (bicyclic) bond motifs is 1. The number of benzene rings is 1. The Bertz CT molecular complexity index is 609. The highest BCUT2D eigenvalue weighted by Gasteiger charge is 2.38. The zero-order valence-corrected chi connectivity index (χ0v) is 14.4. The molecule has 0 heterocycles. The number of hydrogen-bond acceptors (Lipinski definition) is 3. The van der Waals surface area contributed by atoms with Gasteiger partial charge in [-0.3, -0.25) is 14.8 Å². The third kappa shape index (κ3) is 3.81. The van der Waals surface area contributed by atoms with Crippen LogP contribution in [-0.2, 0) is 11.2 Å². The van der Waals surface area contributed by atoms with Gasteiger partial charge >= 0.3 is 0 Å². The van der Waals surface area contributed by atoms with Gasteiger partial charge in [-0.2, -0.15) is 0 Å². The molecule has 2 rings (SSSR count). The lowest BCUT2D eigenvalue weighted by Crippen LogP contribution is -2.34. The van der Waals surface area contributed by atoms with Crippen LogP contribution >= 0.6 is 0 Å². The highest BCUT2D eigenvalue weighted by molar-refractivity contribution is 6.04. The Kier molecular flexibility index (Phi) is 5.58. The maximum absolute atomic E-state index is 13.0. The number of ketones is 1. The van der Waals surface area contributed by atoms with Crippen molar-refractivity contribution in [2.75, 3.05) is 0 Å². The fraction of sp³-hybridized carbons (Fsp3) is 0.579. The van der Waals surface area contributed by atoms with Crippen molar-refractivity contribution in [2.24, 2.45) is 5.41 Å². The Morgan fingerprint density at radius 3 is 2.61 bits per heavy atom. The Morgan fingerprint density at radius 1 is 1.22 bits per heavy atom. The summed E-state index contributed by atoms with van der Waals surface area (Å²) in [5.41, 5.74) is 5.84. The molecule has 0 saturated carbocycles. The van der Waals surface area contributed by atoms with Gasteiger partial charge in [-0.1, -0.05) is 31.9 Å². The summed E-state index contributed by atoms with van der Waals surface area (Å²) < 4.78 is 0. The van der Waals surface area contributed by atoms with Gasteiger partial charge in [0.25, 0.3) is 0 Å². The number of aryl methyl sites for hydroxylation is 2. The van der Waals surface area contributed by atoms with Gasteiger partial charge in [-0.15, -0.1) is 0 Å². The summed E-state index contributed by atoms with van der Waals surface area (Å²) in [4.78, 5) is 24.0. The van der Waals surface area contributed by atoms with E-state index in [0.717, 1.165) is 49.7 Å². The first-order chi connectivity index (χ1) is 10.9. The first-order valence-electron chi connectivity index (χ1n) is 8.46. The van der Waals surface area contributed by atoms with Gasteiger partial charge in [0.15, 0.2) is 5.78 Å². The van der Waals surface area contributed by atoms with Crippen LogP contribution in [-0.4, -0.2) is 16.9 Å². The SMILES string of the molecule is Cc1ccc(C)c2c1CCC(C)(CCCCCC(=O)NO)C2=O. The predicted molar refractivity (Wildman–Crippen MR) is 89.7 cm³/mol. The highest BCUT2D eigenvalue weighted by Crippen LogP contribution is 2.41. The molecule has 1 aromatic rings. The van der Waals surface area contributed by atoms with Gasteiger partial charge in [-0.25, -0.2) is 5.48 Å². The second-order valence-corrected chi connectivity index (χ2v) is 7.04. The topological polar surface area (TPSA) is 66.4 Å². The van der Waals surface area contributed by atoms with Gasteiger partial charge in [0.05, 0.1) is 0 Å². The van der Waals surface area contributed by atoms with Crippen molar-refractivity contribution in [1.29, 1.82) is 0 Å². The Labute approximate surface area is 138 Å². The highest BCUT2D eigenvalue weighted by atomic mass is 16.5. The molecule has 4 nitrogen and oxygen atoms in total. The molecule has 0 fully saturated rings. The van der Waals surface area contributed by atoms with Crippen LogP contribution in [0, 0.1) is 19.3 Å². The summed E-state index contributed by atoms with van der Waals surface area (Å²) in [6.07, 6.45) is 5.64. The van der Waals surface area contributed by atoms with Gasteiger partial charge in [0.2, 0.25) is 5.91 Å². The van der Waals surface area contributed by atoms with Crippen molar-refractivity contribution in [3.8, 4) is 0 Å². The number of amides is 1. The van der Waals surface area contributed by atoms with Crippen LogP contribution in [0.15, 0.2) is 12.1 Å². The fourth-order valence-corrected chi connectivity index (χ4v) is 3.60. The number of nitrogens with one attached hydrogen (secondary N) is 1. The van der Waals surface area contributed by atoms with Crippen molar-refractivity contribution in [3.05, 3.63) is 34.4 Å². The lowest BCUT2D eigenvalue weighted by atomic mass is 9.67. The standard InChI is InChI=1S/C19H27NO3/c1-13-8-9-14(2)17-15(13)10-12-19(3,18(17)22)11-6-4-5-7-16(21)20-23/h8-9,23H,4-7,10-12H2,1-3H3,(H,20,21). The summed E-state index contributed by atoms with van der Waals surface area (Å²) in [5, 5.41) is 8.47. The maximum atomic E-state index is 13.0. The molecule has 0 aromatic heterocycles. The number of carbonyl (C=O) groups is 2. The quantitative estimate of drug-likeness (QED) is 0.475. The van der Waals surface area contributed by atoms with Crippen molar-refractivity contribution in [3.63, 3.8) is 0 Å². The maximum Gasteiger partial charge on any atom is 0.243 e. The number of carbonyl (C=O) groups excluding carboxylic acids is 2. The van der Waals surface area contributed by atoms with E-state index in [4.69, 9.17) is 5.21 Å². The molecule has 1 aromatic carbocycles. The summed E-state index contributed by atoms with van der Waals surface area (Å²) in [6.45, 7) is 6.19. The Balaban J connectivity index is 1.99. The summed E-state index contributed by atoms with van der Waals surface area (Å²) in [5.74, 6) is -0.0574. The van der Waals surface area contributed by atoms with Crippen LogP contribution < -0.4 is 5.48 Å². The number of hydroxylamine groups is 1. The molecule has 2 N–H and O–H groups in total. The van der Waals surface area contributed by atoms with E-state index in [1.807, 2.05) is 13.0 Å². The van der Waals surface area contributed by atoms with E-state index < -0.39 is 0 Å². The minimum Gasteiger partial charge on any atom is -0.294 e. The zero-order chi connectivity index (χ0) is 17.0. The monoisotopic (exact) mass is 317 g/mol. The average Bonchev–Trinajstić information content (AvgIpc) is 2.53. The minimum atomic E-state index is -0.343. The van der Waals surface area contributed by atoms with Crippen molar-refractivity contribution >= 4 is 11.7 Å². The summed E-state index contributed by atoms with van der Waals surface area (Å²) in [7, 11) is 0. The van der Waals surface area contributed by atoms with Gasteiger partial charge in [0.1, 0.15) is 0 Å². The molecule has 126 valence electrons. The Morgan fingerprint density at radius 2 is 1.91 bits per heavy atom. The smallest absolute Gasteiger partial charge is 0.243 e. The summed E-state index contributed by atoms with van der Waals surface area (Å²) >= 11 is 0. The van der Waals surface area contributed by atoms with Crippen molar-refractivity contribution in [1.82, 2.24) is 5.48 Å². The molecule has 1 amide bonds. The lowest BCUT2D eigenvalue weighted by molar-refractivity contribution is -0.129. The molecule has 0 bridgehead atoms. The number of rotatable bonds is 6. The minimum absolute atomic E-state index is 0.285. The first-order valence-corrected chi connectivity index (χ1v) is 8.46. The van der Waals surface area contributed by atoms with E-state index in [1.54, 1.807) is 5.48 Å². The van der Waals surface area contributed by atoms with Crippen LogP contribution in [0.5, 0.6) is 0 Å². The fourth-order valence-electron chi connectivity index (χ4n) is 3.60. The largest absolute Gasteiger partial charge is 0.294 e. The lowest BCUT2D eigenvalue weighted by Gasteiger charge is -2.35. The van der Waals surface area contributed by atoms with Crippen molar-refractivity contribution < 1.29 is 14.8 Å². The van der Waals surface area contributed by atoms with Crippen molar-refractivity contribution in [2.45, 2.75) is 65.7 Å². The van der Waals surface area contributed by atoms with Crippen LogP contribution in [0.3, 0.4) is 0 Å². The second-order valence-electron chi connectivity index (χ2n) is 7.04. The van der Waals surface area contributed by atoms with E-state index in [-0.39, 0.29) is 17.1 Å². The molecule has 0 spiro atoms. The van der Waals surface area contributed by atoms with Crippen LogP contribution in [0.2, 0.25) is 0 Å². The molecule has 1 aliphatic carbocycles.